The zero-order valence-electron chi connectivity index (χ0n) is 4.48. The molecular weight excluding hydrogens is 120 g/mol. The topological polar surface area (TPSA) is 51.2 Å². The lowest BCUT2D eigenvalue weighted by molar-refractivity contribution is 0.186. The summed E-state index contributed by atoms with van der Waals surface area (Å²) in [5, 5.41) is 8.86. The SMILES string of the molecule is On1cnc2ccoc21. The molecule has 0 aliphatic carbocycles. The lowest BCUT2D eigenvalue weighted by Gasteiger charge is -1.82. The van der Waals surface area contributed by atoms with Crippen molar-refractivity contribution in [2.24, 2.45) is 0 Å². The van der Waals surface area contributed by atoms with E-state index in [0.29, 0.717) is 11.2 Å². The van der Waals surface area contributed by atoms with E-state index in [9.17, 15) is 0 Å². The van der Waals surface area contributed by atoms with Crippen molar-refractivity contribution in [3.63, 3.8) is 0 Å². The average molecular weight is 124 g/mol. The third kappa shape index (κ3) is 0.440. The highest BCUT2D eigenvalue weighted by atomic mass is 16.5. The molecule has 0 aliphatic heterocycles. The highest BCUT2D eigenvalue weighted by Gasteiger charge is 2.01. The molecule has 2 rings (SSSR count). The van der Waals surface area contributed by atoms with E-state index in [-0.39, 0.29) is 0 Å². The van der Waals surface area contributed by atoms with E-state index in [1.54, 1.807) is 6.07 Å². The van der Waals surface area contributed by atoms with Gasteiger partial charge in [-0.05, 0) is 0 Å². The van der Waals surface area contributed by atoms with Gasteiger partial charge in [0.1, 0.15) is 11.8 Å². The summed E-state index contributed by atoms with van der Waals surface area (Å²) in [4.78, 5) is 3.80. The lowest BCUT2D eigenvalue weighted by Crippen LogP contribution is -1.82. The molecule has 2 aromatic heterocycles. The molecule has 46 valence electrons. The smallest absolute Gasteiger partial charge is 0.260 e. The predicted molar refractivity (Wildman–Crippen MR) is 29.2 cm³/mol. The van der Waals surface area contributed by atoms with Gasteiger partial charge in [-0.3, -0.25) is 0 Å². The van der Waals surface area contributed by atoms with Gasteiger partial charge in [-0.25, -0.2) is 4.98 Å². The maximum Gasteiger partial charge on any atom is 0.260 e. The van der Waals surface area contributed by atoms with Gasteiger partial charge >= 0.3 is 0 Å². The van der Waals surface area contributed by atoms with Crippen LogP contribution in [0, 0.1) is 0 Å². The summed E-state index contributed by atoms with van der Waals surface area (Å²) >= 11 is 0. The Hall–Kier alpha value is -1.45. The van der Waals surface area contributed by atoms with Gasteiger partial charge in [-0.15, -0.1) is 4.73 Å². The maximum absolute atomic E-state index is 8.86. The first-order chi connectivity index (χ1) is 4.38. The zero-order chi connectivity index (χ0) is 6.27. The molecular formula is C5H4N2O2. The fourth-order valence-electron chi connectivity index (χ4n) is 0.734. The summed E-state index contributed by atoms with van der Waals surface area (Å²) in [7, 11) is 0. The summed E-state index contributed by atoms with van der Waals surface area (Å²) < 4.78 is 5.68. The first-order valence-electron chi connectivity index (χ1n) is 2.48. The van der Waals surface area contributed by atoms with E-state index in [1.165, 1.54) is 12.6 Å². The van der Waals surface area contributed by atoms with Crippen LogP contribution in [-0.2, 0) is 0 Å². The van der Waals surface area contributed by atoms with Gasteiger partial charge in [0.25, 0.3) is 5.71 Å². The summed E-state index contributed by atoms with van der Waals surface area (Å²) in [6.07, 6.45) is 2.76. The Balaban J connectivity index is 2.99. The summed E-state index contributed by atoms with van der Waals surface area (Å²) in [5.41, 5.74) is 1.05. The van der Waals surface area contributed by atoms with Crippen LogP contribution in [0.4, 0.5) is 0 Å². The molecule has 0 saturated heterocycles. The third-order valence-corrected chi connectivity index (χ3v) is 1.14. The molecule has 0 radical (unpaired) electrons. The second-order valence-corrected chi connectivity index (χ2v) is 1.70. The van der Waals surface area contributed by atoms with Crippen LogP contribution in [0.5, 0.6) is 0 Å². The molecule has 0 spiro atoms. The standard InChI is InChI=1S/C5H4N2O2/c8-7-3-6-4-1-2-9-5(4)7/h1-3,8H. The van der Waals surface area contributed by atoms with Crippen molar-refractivity contribution in [1.29, 1.82) is 0 Å². The summed E-state index contributed by atoms with van der Waals surface area (Å²) in [6.45, 7) is 0. The number of imidazole rings is 1. The minimum Gasteiger partial charge on any atom is -0.444 e. The van der Waals surface area contributed by atoms with E-state index in [0.717, 1.165) is 4.73 Å². The molecule has 4 nitrogen and oxygen atoms in total. The number of furan rings is 1. The highest BCUT2D eigenvalue weighted by Crippen LogP contribution is 2.10. The molecule has 0 fully saturated rings. The monoisotopic (exact) mass is 124 g/mol. The van der Waals surface area contributed by atoms with Crippen LogP contribution in [-0.4, -0.2) is 14.9 Å². The molecule has 4 heteroatoms. The van der Waals surface area contributed by atoms with Gasteiger partial charge < -0.3 is 9.62 Å². The Morgan fingerprint density at radius 2 is 2.56 bits per heavy atom. The minimum absolute atomic E-state index is 0.384. The Bertz CT molecular complexity index is 322. The third-order valence-electron chi connectivity index (χ3n) is 1.14. The number of hydrogen-bond donors (Lipinski definition) is 1. The van der Waals surface area contributed by atoms with E-state index in [1.807, 2.05) is 0 Å². The number of hydrogen-bond acceptors (Lipinski definition) is 3. The Kier molecular flexibility index (Phi) is 0.631. The molecule has 9 heavy (non-hydrogen) atoms. The number of aromatic nitrogens is 2. The van der Waals surface area contributed by atoms with E-state index in [2.05, 4.69) is 4.98 Å². The highest BCUT2D eigenvalue weighted by molar-refractivity contribution is 5.67. The van der Waals surface area contributed by atoms with Gasteiger partial charge in [0.2, 0.25) is 0 Å². The molecule has 0 bridgehead atoms. The van der Waals surface area contributed by atoms with Crippen LogP contribution < -0.4 is 0 Å². The van der Waals surface area contributed by atoms with Crippen LogP contribution in [0.15, 0.2) is 23.1 Å². The van der Waals surface area contributed by atoms with Crippen LogP contribution in [0.2, 0.25) is 0 Å². The van der Waals surface area contributed by atoms with Crippen LogP contribution >= 0.6 is 0 Å². The molecule has 0 saturated carbocycles. The normalized spacial score (nSPS) is 10.7. The fourth-order valence-corrected chi connectivity index (χ4v) is 0.734. The van der Waals surface area contributed by atoms with Crippen molar-refractivity contribution in [1.82, 2.24) is 9.71 Å². The van der Waals surface area contributed by atoms with Crippen LogP contribution in [0.25, 0.3) is 11.2 Å². The second-order valence-electron chi connectivity index (χ2n) is 1.70. The largest absolute Gasteiger partial charge is 0.444 e. The lowest BCUT2D eigenvalue weighted by atomic mass is 10.6. The number of fused-ring (bicyclic) bond motifs is 1. The maximum atomic E-state index is 8.86. The number of nitrogens with zero attached hydrogens (tertiary/aromatic N) is 2. The quantitative estimate of drug-likeness (QED) is 0.530. The van der Waals surface area contributed by atoms with Crippen LogP contribution in [0.3, 0.4) is 0 Å². The van der Waals surface area contributed by atoms with Crippen molar-refractivity contribution >= 4 is 11.2 Å². The first-order valence-corrected chi connectivity index (χ1v) is 2.48. The number of rotatable bonds is 0. The Labute approximate surface area is 50.3 Å². The molecule has 0 aliphatic rings. The predicted octanol–water partition coefficient (Wildman–Crippen LogP) is 0.867. The molecule has 0 atom stereocenters. The van der Waals surface area contributed by atoms with Crippen molar-refractivity contribution < 1.29 is 9.62 Å². The summed E-state index contributed by atoms with van der Waals surface area (Å²) in [5.74, 6) is 0. The fraction of sp³-hybridized carbons (Fsp3) is 0. The van der Waals surface area contributed by atoms with Crippen molar-refractivity contribution in [2.75, 3.05) is 0 Å². The van der Waals surface area contributed by atoms with Gasteiger partial charge in [0.05, 0.1) is 6.26 Å². The van der Waals surface area contributed by atoms with E-state index < -0.39 is 0 Å². The molecule has 0 aromatic carbocycles. The van der Waals surface area contributed by atoms with Crippen molar-refractivity contribution in [2.45, 2.75) is 0 Å². The second kappa shape index (κ2) is 1.28. The Morgan fingerprint density at radius 3 is 3.33 bits per heavy atom. The van der Waals surface area contributed by atoms with Gasteiger partial charge in [0, 0.05) is 6.07 Å². The first kappa shape index (κ1) is 4.43. The van der Waals surface area contributed by atoms with Gasteiger partial charge in [-0.1, -0.05) is 0 Å². The molecule has 0 unspecified atom stereocenters. The molecule has 0 amide bonds. The average Bonchev–Trinajstić information content (AvgIpc) is 2.35. The van der Waals surface area contributed by atoms with E-state index in [4.69, 9.17) is 9.62 Å². The Morgan fingerprint density at radius 1 is 1.67 bits per heavy atom. The van der Waals surface area contributed by atoms with Gasteiger partial charge in [0.15, 0.2) is 0 Å². The molecule has 2 heterocycles. The molecule has 1 N–H and O–H groups in total. The minimum atomic E-state index is 0.384. The summed E-state index contributed by atoms with van der Waals surface area (Å²) in [6, 6.07) is 1.68. The van der Waals surface area contributed by atoms with Crippen molar-refractivity contribution in [3.8, 4) is 0 Å². The van der Waals surface area contributed by atoms with Crippen LogP contribution in [0.1, 0.15) is 0 Å². The van der Waals surface area contributed by atoms with Gasteiger partial charge in [-0.2, -0.15) is 0 Å². The van der Waals surface area contributed by atoms with E-state index >= 15 is 0 Å². The molecule has 2 aromatic rings. The van der Waals surface area contributed by atoms with Crippen molar-refractivity contribution in [3.05, 3.63) is 18.7 Å². The zero-order valence-corrected chi connectivity index (χ0v) is 4.48.